The third kappa shape index (κ3) is 2.57. The lowest BCUT2D eigenvalue weighted by molar-refractivity contribution is 0.0691. The molecule has 0 fully saturated rings. The van der Waals surface area contributed by atoms with Gasteiger partial charge in [-0.05, 0) is 12.1 Å². The van der Waals surface area contributed by atoms with Gasteiger partial charge in [0.1, 0.15) is 10.8 Å². The van der Waals surface area contributed by atoms with Crippen LogP contribution in [0.1, 0.15) is 15.5 Å². The van der Waals surface area contributed by atoms with Gasteiger partial charge in [-0.25, -0.2) is 14.8 Å². The van der Waals surface area contributed by atoms with Crippen molar-refractivity contribution >= 4 is 28.3 Å². The van der Waals surface area contributed by atoms with E-state index in [1.165, 1.54) is 11.3 Å². The maximum atomic E-state index is 11.0. The Bertz CT molecular complexity index is 1020. The highest BCUT2D eigenvalue weighted by atomic mass is 32.1. The number of aromatic nitrogens is 3. The van der Waals surface area contributed by atoms with E-state index in [0.29, 0.717) is 6.54 Å². The zero-order valence-electron chi connectivity index (χ0n) is 12.6. The van der Waals surface area contributed by atoms with E-state index in [4.69, 9.17) is 10.1 Å². The Hall–Kier alpha value is -2.99. The first kappa shape index (κ1) is 14.6. The largest absolute Gasteiger partial charge is 0.476 e. The second kappa shape index (κ2) is 5.90. The van der Waals surface area contributed by atoms with Crippen LogP contribution in [-0.2, 0) is 6.54 Å². The predicted molar refractivity (Wildman–Crippen MR) is 93.3 cm³/mol. The van der Waals surface area contributed by atoms with Crippen LogP contribution >= 0.6 is 11.3 Å². The van der Waals surface area contributed by atoms with E-state index in [2.05, 4.69) is 9.55 Å². The van der Waals surface area contributed by atoms with Crippen molar-refractivity contribution in [2.45, 2.75) is 6.54 Å². The molecule has 0 saturated carbocycles. The summed E-state index contributed by atoms with van der Waals surface area (Å²) >= 11 is 1.35. The maximum absolute atomic E-state index is 11.0. The van der Waals surface area contributed by atoms with Gasteiger partial charge in [-0.3, -0.25) is 0 Å². The van der Waals surface area contributed by atoms with E-state index in [1.54, 1.807) is 5.38 Å². The molecular weight excluding hydrogens is 322 g/mol. The fraction of sp³-hybridized carbons (Fsp3) is 0.0556. The summed E-state index contributed by atoms with van der Waals surface area (Å²) in [6.45, 7) is 0.489. The van der Waals surface area contributed by atoms with Crippen LogP contribution in [0.5, 0.6) is 0 Å². The first-order valence-electron chi connectivity index (χ1n) is 7.41. The number of hydrogen-bond donors (Lipinski definition) is 1. The van der Waals surface area contributed by atoms with E-state index in [9.17, 15) is 4.79 Å². The van der Waals surface area contributed by atoms with Gasteiger partial charge in [0.05, 0.1) is 17.6 Å². The minimum atomic E-state index is -1.00. The standard InChI is InChI=1S/C18H13N3O2S/c22-18(23)14-11-24-16(19-14)10-21-15-9-5-4-8-13(15)20-17(21)12-6-2-1-3-7-12/h1-9,11H,10H2,(H,22,23). The molecule has 2 heterocycles. The minimum absolute atomic E-state index is 0.0840. The van der Waals surface area contributed by atoms with Crippen LogP contribution in [0.25, 0.3) is 22.4 Å². The number of carbonyl (C=O) groups is 1. The summed E-state index contributed by atoms with van der Waals surface area (Å²) in [4.78, 5) is 20.0. The van der Waals surface area contributed by atoms with Crippen molar-refractivity contribution in [3.05, 3.63) is 70.7 Å². The van der Waals surface area contributed by atoms with Crippen molar-refractivity contribution in [1.29, 1.82) is 0 Å². The molecule has 4 rings (SSSR count). The summed E-state index contributed by atoms with van der Waals surface area (Å²) in [5.41, 5.74) is 3.01. The van der Waals surface area contributed by atoms with E-state index in [0.717, 1.165) is 27.4 Å². The van der Waals surface area contributed by atoms with Crippen molar-refractivity contribution in [2.24, 2.45) is 0 Å². The van der Waals surface area contributed by atoms with E-state index in [1.807, 2.05) is 54.6 Å². The van der Waals surface area contributed by atoms with Crippen molar-refractivity contribution in [3.63, 3.8) is 0 Å². The van der Waals surface area contributed by atoms with E-state index in [-0.39, 0.29) is 5.69 Å². The Morgan fingerprint density at radius 2 is 1.79 bits per heavy atom. The van der Waals surface area contributed by atoms with E-state index < -0.39 is 5.97 Å². The third-order valence-corrected chi connectivity index (χ3v) is 4.58. The van der Waals surface area contributed by atoms with Crippen molar-refractivity contribution in [1.82, 2.24) is 14.5 Å². The molecule has 0 radical (unpaired) electrons. The molecular formula is C18H13N3O2S. The minimum Gasteiger partial charge on any atom is -0.476 e. The summed E-state index contributed by atoms with van der Waals surface area (Å²) in [7, 11) is 0. The lowest BCUT2D eigenvalue weighted by Crippen LogP contribution is -2.03. The number of nitrogens with zero attached hydrogens (tertiary/aromatic N) is 3. The molecule has 2 aromatic heterocycles. The number of carboxylic acid groups (broad SMARTS) is 1. The second-order valence-corrected chi connectivity index (χ2v) is 6.25. The molecule has 6 heteroatoms. The Balaban J connectivity index is 1.84. The number of benzene rings is 2. The number of thiazole rings is 1. The zero-order chi connectivity index (χ0) is 16.5. The molecule has 4 aromatic rings. The Labute approximate surface area is 141 Å². The van der Waals surface area contributed by atoms with Gasteiger partial charge < -0.3 is 9.67 Å². The van der Waals surface area contributed by atoms with Gasteiger partial charge in [-0.15, -0.1) is 11.3 Å². The van der Waals surface area contributed by atoms with Crippen LogP contribution in [0, 0.1) is 0 Å². The Kier molecular flexibility index (Phi) is 3.59. The number of aromatic carboxylic acids is 1. The smallest absolute Gasteiger partial charge is 0.355 e. The highest BCUT2D eigenvalue weighted by Gasteiger charge is 2.15. The molecule has 24 heavy (non-hydrogen) atoms. The van der Waals surface area contributed by atoms with Gasteiger partial charge in [0.2, 0.25) is 0 Å². The normalized spacial score (nSPS) is 11.0. The molecule has 0 amide bonds. The fourth-order valence-electron chi connectivity index (χ4n) is 2.66. The van der Waals surface area contributed by atoms with Crippen molar-refractivity contribution < 1.29 is 9.90 Å². The molecule has 5 nitrogen and oxygen atoms in total. The quantitative estimate of drug-likeness (QED) is 0.614. The van der Waals surface area contributed by atoms with Crippen LogP contribution in [0.2, 0.25) is 0 Å². The van der Waals surface area contributed by atoms with Gasteiger partial charge in [-0.2, -0.15) is 0 Å². The monoisotopic (exact) mass is 335 g/mol. The molecule has 0 aliphatic rings. The lowest BCUT2D eigenvalue weighted by Gasteiger charge is -2.07. The second-order valence-electron chi connectivity index (χ2n) is 5.31. The fourth-order valence-corrected chi connectivity index (χ4v) is 3.42. The first-order chi connectivity index (χ1) is 11.7. The highest BCUT2D eigenvalue weighted by molar-refractivity contribution is 7.09. The summed E-state index contributed by atoms with van der Waals surface area (Å²) in [6.07, 6.45) is 0. The SMILES string of the molecule is O=C(O)c1csc(Cn2c(-c3ccccc3)nc3ccccc32)n1. The summed E-state index contributed by atoms with van der Waals surface area (Å²) in [6, 6.07) is 17.9. The van der Waals surface area contributed by atoms with Crippen LogP contribution in [0.15, 0.2) is 60.0 Å². The van der Waals surface area contributed by atoms with Crippen molar-refractivity contribution in [3.8, 4) is 11.4 Å². The van der Waals surface area contributed by atoms with Gasteiger partial charge in [0.25, 0.3) is 0 Å². The number of imidazole rings is 1. The van der Waals surface area contributed by atoms with Crippen LogP contribution in [0.3, 0.4) is 0 Å². The topological polar surface area (TPSA) is 68.0 Å². The average molecular weight is 335 g/mol. The zero-order valence-corrected chi connectivity index (χ0v) is 13.4. The molecule has 1 N–H and O–H groups in total. The number of hydrogen-bond acceptors (Lipinski definition) is 4. The molecule has 0 spiro atoms. The van der Waals surface area contributed by atoms with Crippen LogP contribution in [-0.4, -0.2) is 25.6 Å². The number of para-hydroxylation sites is 2. The van der Waals surface area contributed by atoms with Crippen LogP contribution in [0.4, 0.5) is 0 Å². The summed E-state index contributed by atoms with van der Waals surface area (Å²) < 4.78 is 2.08. The lowest BCUT2D eigenvalue weighted by atomic mass is 10.2. The highest BCUT2D eigenvalue weighted by Crippen LogP contribution is 2.26. The van der Waals surface area contributed by atoms with Gasteiger partial charge in [0, 0.05) is 10.9 Å². The van der Waals surface area contributed by atoms with E-state index >= 15 is 0 Å². The molecule has 0 bridgehead atoms. The number of fused-ring (bicyclic) bond motifs is 1. The summed E-state index contributed by atoms with van der Waals surface area (Å²) in [5.74, 6) is -0.153. The third-order valence-electron chi connectivity index (χ3n) is 3.75. The predicted octanol–water partition coefficient (Wildman–Crippen LogP) is 3.91. The summed E-state index contributed by atoms with van der Waals surface area (Å²) in [5, 5.41) is 11.4. The maximum Gasteiger partial charge on any atom is 0.355 e. The van der Waals surface area contributed by atoms with Gasteiger partial charge in [0.15, 0.2) is 5.69 Å². The molecule has 0 aliphatic carbocycles. The molecule has 118 valence electrons. The first-order valence-corrected chi connectivity index (χ1v) is 8.29. The number of carboxylic acids is 1. The molecule has 0 aliphatic heterocycles. The molecule has 0 atom stereocenters. The molecule has 0 saturated heterocycles. The van der Waals surface area contributed by atoms with Crippen LogP contribution < -0.4 is 0 Å². The molecule has 0 unspecified atom stereocenters. The van der Waals surface area contributed by atoms with Crippen molar-refractivity contribution in [2.75, 3.05) is 0 Å². The molecule has 2 aromatic carbocycles. The Morgan fingerprint density at radius 3 is 2.54 bits per heavy atom. The average Bonchev–Trinajstić information content (AvgIpc) is 3.22. The Morgan fingerprint density at radius 1 is 1.04 bits per heavy atom. The number of rotatable bonds is 4. The van der Waals surface area contributed by atoms with Gasteiger partial charge >= 0.3 is 5.97 Å². The van der Waals surface area contributed by atoms with Gasteiger partial charge in [-0.1, -0.05) is 42.5 Å².